The quantitative estimate of drug-likeness (QED) is 0.220. The van der Waals surface area contributed by atoms with E-state index in [2.05, 4.69) is 9.47 Å². The van der Waals surface area contributed by atoms with Crippen molar-refractivity contribution in [3.05, 3.63) is 0 Å². The maximum atomic E-state index is 11.8. The van der Waals surface area contributed by atoms with Gasteiger partial charge in [-0.3, -0.25) is 4.18 Å². The Kier molecular flexibility index (Phi) is 11.0. The van der Waals surface area contributed by atoms with Crippen LogP contribution in [-0.2, 0) is 33.3 Å². The minimum atomic E-state index is -3.79. The van der Waals surface area contributed by atoms with Crippen LogP contribution < -0.4 is 0 Å². The van der Waals surface area contributed by atoms with Crippen molar-refractivity contribution in [2.45, 2.75) is 33.3 Å². The fourth-order valence-electron chi connectivity index (χ4n) is 1.44. The number of hydrogen-bond donors (Lipinski definition) is 1. The molecule has 0 saturated heterocycles. The SMILES string of the molecule is CCOC(=O)OCCOC(=O)[C@H](O)C(C)(C)COS(=O)(=O)CCCCl. The third kappa shape index (κ3) is 10.5. The van der Waals surface area contributed by atoms with E-state index in [9.17, 15) is 23.1 Å². The maximum absolute atomic E-state index is 11.8. The Morgan fingerprint density at radius 1 is 1.16 bits per heavy atom. The summed E-state index contributed by atoms with van der Waals surface area (Å²) in [4.78, 5) is 22.7. The number of aliphatic hydroxyl groups excluding tert-OH is 1. The summed E-state index contributed by atoms with van der Waals surface area (Å²) in [7, 11) is -3.79. The Hall–Kier alpha value is -1.10. The second kappa shape index (κ2) is 11.5. The second-order valence-corrected chi connectivity index (χ2v) is 7.79. The van der Waals surface area contributed by atoms with Gasteiger partial charge in [0, 0.05) is 11.3 Å². The predicted molar refractivity (Wildman–Crippen MR) is 88.8 cm³/mol. The van der Waals surface area contributed by atoms with Crippen LogP contribution in [0, 0.1) is 5.41 Å². The van der Waals surface area contributed by atoms with Crippen molar-refractivity contribution >= 4 is 33.8 Å². The fourth-order valence-corrected chi connectivity index (χ4v) is 2.83. The zero-order chi connectivity index (χ0) is 19.5. The van der Waals surface area contributed by atoms with E-state index in [1.807, 2.05) is 0 Å². The van der Waals surface area contributed by atoms with Crippen LogP contribution in [0.3, 0.4) is 0 Å². The molecule has 0 bridgehead atoms. The molecule has 25 heavy (non-hydrogen) atoms. The number of hydrogen-bond acceptors (Lipinski definition) is 9. The highest BCUT2D eigenvalue weighted by atomic mass is 35.5. The van der Waals surface area contributed by atoms with Gasteiger partial charge in [0.15, 0.2) is 6.10 Å². The summed E-state index contributed by atoms with van der Waals surface area (Å²) in [6.07, 6.45) is -2.29. The van der Waals surface area contributed by atoms with Crippen molar-refractivity contribution in [2.75, 3.05) is 38.1 Å². The van der Waals surface area contributed by atoms with Crippen LogP contribution >= 0.6 is 11.6 Å². The lowest BCUT2D eigenvalue weighted by Crippen LogP contribution is -2.42. The van der Waals surface area contributed by atoms with Crippen molar-refractivity contribution in [3.8, 4) is 0 Å². The van der Waals surface area contributed by atoms with Gasteiger partial charge in [-0.25, -0.2) is 9.59 Å². The Labute approximate surface area is 152 Å². The van der Waals surface area contributed by atoms with Crippen LogP contribution in [0.1, 0.15) is 27.2 Å². The molecule has 148 valence electrons. The average Bonchev–Trinajstić information content (AvgIpc) is 2.54. The molecule has 0 aromatic carbocycles. The van der Waals surface area contributed by atoms with Crippen LogP contribution in [0.15, 0.2) is 0 Å². The van der Waals surface area contributed by atoms with Gasteiger partial charge in [0.2, 0.25) is 0 Å². The molecular formula is C14H25ClO9S. The zero-order valence-corrected chi connectivity index (χ0v) is 16.1. The molecule has 0 spiro atoms. The first-order chi connectivity index (χ1) is 11.6. The minimum absolute atomic E-state index is 0.152. The largest absolute Gasteiger partial charge is 0.508 e. The van der Waals surface area contributed by atoms with E-state index in [0.29, 0.717) is 0 Å². The van der Waals surface area contributed by atoms with Crippen molar-refractivity contribution in [3.63, 3.8) is 0 Å². The molecule has 0 unspecified atom stereocenters. The lowest BCUT2D eigenvalue weighted by atomic mass is 9.88. The third-order valence-corrected chi connectivity index (χ3v) is 4.44. The van der Waals surface area contributed by atoms with Crippen LogP contribution in [0.4, 0.5) is 4.79 Å². The lowest BCUT2D eigenvalue weighted by molar-refractivity contribution is -0.162. The summed E-state index contributed by atoms with van der Waals surface area (Å²) in [5, 5.41) is 10.0. The van der Waals surface area contributed by atoms with Gasteiger partial charge in [-0.1, -0.05) is 13.8 Å². The van der Waals surface area contributed by atoms with Crippen molar-refractivity contribution in [2.24, 2.45) is 5.41 Å². The summed E-state index contributed by atoms with van der Waals surface area (Å²) in [6, 6.07) is 0. The van der Waals surface area contributed by atoms with E-state index in [0.717, 1.165) is 0 Å². The van der Waals surface area contributed by atoms with Crippen LogP contribution in [0.5, 0.6) is 0 Å². The molecule has 1 N–H and O–H groups in total. The number of ether oxygens (including phenoxy) is 3. The van der Waals surface area contributed by atoms with E-state index in [1.54, 1.807) is 6.92 Å². The summed E-state index contributed by atoms with van der Waals surface area (Å²) in [5.74, 6) is -1.06. The highest BCUT2D eigenvalue weighted by molar-refractivity contribution is 7.86. The number of aliphatic hydroxyl groups is 1. The highest BCUT2D eigenvalue weighted by Crippen LogP contribution is 2.23. The molecule has 11 heteroatoms. The summed E-state index contributed by atoms with van der Waals surface area (Å²) in [5.41, 5.74) is -1.22. The van der Waals surface area contributed by atoms with Crippen LogP contribution in [-0.4, -0.2) is 69.8 Å². The molecule has 0 aliphatic carbocycles. The highest BCUT2D eigenvalue weighted by Gasteiger charge is 2.36. The number of esters is 1. The molecule has 0 aromatic heterocycles. The van der Waals surface area contributed by atoms with Crippen molar-refractivity contribution in [1.29, 1.82) is 0 Å². The van der Waals surface area contributed by atoms with Crippen LogP contribution in [0.2, 0.25) is 0 Å². The monoisotopic (exact) mass is 404 g/mol. The summed E-state index contributed by atoms with van der Waals surface area (Å²) < 4.78 is 41.9. The molecule has 0 radical (unpaired) electrons. The number of carbonyl (C=O) groups excluding carboxylic acids is 2. The molecule has 0 fully saturated rings. The first-order valence-corrected chi connectivity index (χ1v) is 9.74. The van der Waals surface area contributed by atoms with Crippen LogP contribution in [0.25, 0.3) is 0 Å². The van der Waals surface area contributed by atoms with Crippen molar-refractivity contribution in [1.82, 2.24) is 0 Å². The van der Waals surface area contributed by atoms with Gasteiger partial charge < -0.3 is 19.3 Å². The molecule has 0 aliphatic rings. The van der Waals surface area contributed by atoms with Gasteiger partial charge in [0.05, 0.1) is 19.0 Å². The van der Waals surface area contributed by atoms with E-state index in [-0.39, 0.29) is 37.9 Å². The van der Waals surface area contributed by atoms with Gasteiger partial charge in [0.25, 0.3) is 10.1 Å². The first kappa shape index (κ1) is 23.9. The standard InChI is InChI=1S/C14H25ClO9S/c1-4-21-13(18)23-8-7-22-12(17)11(16)14(2,3)10-24-25(19,20)9-5-6-15/h11,16H,4-10H2,1-3H3/t11-/m0/s1. The van der Waals surface area contributed by atoms with Gasteiger partial charge in [-0.15, -0.1) is 11.6 Å². The molecule has 9 nitrogen and oxygen atoms in total. The van der Waals surface area contributed by atoms with Gasteiger partial charge in [0.1, 0.15) is 13.2 Å². The van der Waals surface area contributed by atoms with E-state index in [1.165, 1.54) is 13.8 Å². The second-order valence-electron chi connectivity index (χ2n) is 5.66. The number of alkyl halides is 1. The minimum Gasteiger partial charge on any atom is -0.460 e. The van der Waals surface area contributed by atoms with E-state index in [4.69, 9.17) is 20.5 Å². The smallest absolute Gasteiger partial charge is 0.460 e. The molecule has 0 amide bonds. The summed E-state index contributed by atoms with van der Waals surface area (Å²) >= 11 is 5.43. The van der Waals surface area contributed by atoms with Gasteiger partial charge >= 0.3 is 12.1 Å². The molecule has 0 saturated carbocycles. The zero-order valence-electron chi connectivity index (χ0n) is 14.5. The third-order valence-electron chi connectivity index (χ3n) is 2.91. The topological polar surface area (TPSA) is 125 Å². The molecule has 0 aromatic rings. The Morgan fingerprint density at radius 3 is 2.32 bits per heavy atom. The lowest BCUT2D eigenvalue weighted by Gasteiger charge is -2.28. The summed E-state index contributed by atoms with van der Waals surface area (Å²) in [6.45, 7) is 3.74. The number of rotatable bonds is 12. The fraction of sp³-hybridized carbons (Fsp3) is 0.857. The normalized spacial score (nSPS) is 13.2. The predicted octanol–water partition coefficient (Wildman–Crippen LogP) is 1.07. The maximum Gasteiger partial charge on any atom is 0.508 e. The van der Waals surface area contributed by atoms with Gasteiger partial charge in [-0.05, 0) is 13.3 Å². The Balaban J connectivity index is 4.33. The van der Waals surface area contributed by atoms with E-state index >= 15 is 0 Å². The Bertz CT molecular complexity index is 518. The van der Waals surface area contributed by atoms with Gasteiger partial charge in [-0.2, -0.15) is 8.42 Å². The molecular weight excluding hydrogens is 380 g/mol. The first-order valence-electron chi connectivity index (χ1n) is 7.63. The Morgan fingerprint density at radius 2 is 1.76 bits per heavy atom. The molecule has 0 rings (SSSR count). The molecule has 1 atom stereocenters. The molecule has 0 heterocycles. The van der Waals surface area contributed by atoms with Crippen molar-refractivity contribution < 1.29 is 41.5 Å². The average molecular weight is 405 g/mol. The van der Waals surface area contributed by atoms with E-state index < -0.39 is 40.4 Å². The number of halogens is 1. The number of carbonyl (C=O) groups is 2. The molecule has 0 aliphatic heterocycles.